The van der Waals surface area contributed by atoms with Crippen molar-refractivity contribution < 1.29 is 14.3 Å². The fourth-order valence-electron chi connectivity index (χ4n) is 4.31. The average molecular weight is 387 g/mol. The van der Waals surface area contributed by atoms with Gasteiger partial charge in [-0.05, 0) is 51.5 Å². The first-order valence-corrected chi connectivity index (χ1v) is 10.8. The number of nitrogens with zero attached hydrogens (tertiary/aromatic N) is 1. The van der Waals surface area contributed by atoms with E-state index in [1.165, 1.54) is 0 Å². The number of hydrogen-bond donors (Lipinski definition) is 1. The van der Waals surface area contributed by atoms with Gasteiger partial charge in [0.2, 0.25) is 11.8 Å². The van der Waals surface area contributed by atoms with Crippen molar-refractivity contribution in [2.75, 3.05) is 26.2 Å². The van der Waals surface area contributed by atoms with Crippen molar-refractivity contribution in [2.45, 2.75) is 63.9 Å². The molecule has 3 rings (SSSR count). The summed E-state index contributed by atoms with van der Waals surface area (Å²) in [7, 11) is 0. The summed E-state index contributed by atoms with van der Waals surface area (Å²) in [4.78, 5) is 27.7. The second-order valence-corrected chi connectivity index (χ2v) is 8.43. The number of amides is 2. The van der Waals surface area contributed by atoms with Gasteiger partial charge in [0.15, 0.2) is 0 Å². The molecule has 0 bridgehead atoms. The maximum atomic E-state index is 13.3. The summed E-state index contributed by atoms with van der Waals surface area (Å²) < 4.78 is 5.50. The Morgan fingerprint density at radius 2 is 1.86 bits per heavy atom. The summed E-state index contributed by atoms with van der Waals surface area (Å²) >= 11 is 0. The number of carbonyl (C=O) groups excluding carboxylic acids is 2. The highest BCUT2D eigenvalue weighted by Gasteiger charge is 2.48. The largest absolute Gasteiger partial charge is 0.379 e. The van der Waals surface area contributed by atoms with Gasteiger partial charge in [-0.15, -0.1) is 0 Å². The molecule has 1 saturated heterocycles. The van der Waals surface area contributed by atoms with Gasteiger partial charge in [0.25, 0.3) is 0 Å². The molecule has 2 fully saturated rings. The predicted octanol–water partition coefficient (Wildman–Crippen LogP) is 3.28. The molecule has 154 valence electrons. The van der Waals surface area contributed by atoms with E-state index in [1.807, 2.05) is 36.9 Å². The minimum atomic E-state index is -0.327. The second-order valence-electron chi connectivity index (χ2n) is 8.43. The Labute approximate surface area is 168 Å². The second kappa shape index (κ2) is 9.55. The highest BCUT2D eigenvalue weighted by Crippen LogP contribution is 2.45. The Balaban J connectivity index is 1.46. The van der Waals surface area contributed by atoms with E-state index in [4.69, 9.17) is 4.74 Å². The molecular weight excluding hydrogens is 352 g/mol. The number of nitrogens with one attached hydrogen (secondary N) is 1. The van der Waals surface area contributed by atoms with Crippen LogP contribution in [-0.4, -0.2) is 49.1 Å². The van der Waals surface area contributed by atoms with E-state index in [0.29, 0.717) is 26.2 Å². The fraction of sp³-hybridized carbons (Fsp3) is 0.652. The first-order chi connectivity index (χ1) is 13.5. The molecule has 1 saturated carbocycles. The van der Waals surface area contributed by atoms with Crippen LogP contribution in [0.2, 0.25) is 0 Å². The zero-order valence-corrected chi connectivity index (χ0v) is 17.3. The van der Waals surface area contributed by atoms with Gasteiger partial charge in [0, 0.05) is 32.2 Å². The van der Waals surface area contributed by atoms with Crippen LogP contribution in [0.5, 0.6) is 0 Å². The van der Waals surface area contributed by atoms with Crippen LogP contribution in [0.1, 0.15) is 57.9 Å². The number of likely N-dealkylation sites (tertiary alicyclic amines) is 1. The lowest BCUT2D eigenvalue weighted by Crippen LogP contribution is -2.53. The molecule has 2 amide bonds. The van der Waals surface area contributed by atoms with Gasteiger partial charge >= 0.3 is 0 Å². The summed E-state index contributed by atoms with van der Waals surface area (Å²) in [6.45, 7) is 6.72. The Morgan fingerprint density at radius 3 is 2.43 bits per heavy atom. The minimum Gasteiger partial charge on any atom is -0.379 e. The fourth-order valence-corrected chi connectivity index (χ4v) is 4.31. The van der Waals surface area contributed by atoms with Crippen LogP contribution < -0.4 is 5.32 Å². The minimum absolute atomic E-state index is 0.0177. The molecule has 0 aromatic heterocycles. The first kappa shape index (κ1) is 20.8. The molecule has 1 heterocycles. The van der Waals surface area contributed by atoms with Crippen molar-refractivity contribution in [2.24, 2.45) is 5.92 Å². The van der Waals surface area contributed by atoms with Crippen LogP contribution in [0.4, 0.5) is 0 Å². The normalized spacial score (nSPS) is 19.3. The molecule has 0 radical (unpaired) electrons. The number of carbonyl (C=O) groups is 2. The van der Waals surface area contributed by atoms with Crippen LogP contribution in [0, 0.1) is 5.92 Å². The topological polar surface area (TPSA) is 58.6 Å². The molecule has 5 heteroatoms. The lowest BCUT2D eigenvalue weighted by Gasteiger charge is -2.45. The molecule has 0 spiro atoms. The van der Waals surface area contributed by atoms with Crippen molar-refractivity contribution in [1.29, 1.82) is 0 Å². The lowest BCUT2D eigenvalue weighted by molar-refractivity contribution is -0.144. The third-order valence-corrected chi connectivity index (χ3v) is 6.17. The molecule has 1 N–H and O–H groups in total. The summed E-state index contributed by atoms with van der Waals surface area (Å²) in [5.74, 6) is 0.400. The van der Waals surface area contributed by atoms with Crippen molar-refractivity contribution in [3.05, 3.63) is 35.9 Å². The quantitative estimate of drug-likeness (QED) is 0.698. The molecule has 28 heavy (non-hydrogen) atoms. The summed E-state index contributed by atoms with van der Waals surface area (Å²) in [5.41, 5.74) is 0.821. The third-order valence-electron chi connectivity index (χ3n) is 6.17. The number of benzene rings is 1. The van der Waals surface area contributed by atoms with E-state index in [0.717, 1.165) is 44.1 Å². The highest BCUT2D eigenvalue weighted by atomic mass is 16.5. The standard InChI is InChI=1S/C23H34N2O3/c1-18(2)28-17-7-14-24-21(26)19-10-15-25(16-11-19)22(27)23(12-6-13-23)20-8-4-3-5-9-20/h3-5,8-9,18-19H,6-7,10-17H2,1-2H3,(H,24,26). The molecule has 1 aliphatic heterocycles. The van der Waals surface area contributed by atoms with Gasteiger partial charge in [-0.3, -0.25) is 9.59 Å². The molecule has 1 aromatic rings. The van der Waals surface area contributed by atoms with Gasteiger partial charge < -0.3 is 15.0 Å². The maximum absolute atomic E-state index is 13.3. The van der Waals surface area contributed by atoms with E-state index in [1.54, 1.807) is 0 Å². The average Bonchev–Trinajstić information content (AvgIpc) is 2.67. The van der Waals surface area contributed by atoms with Crippen LogP contribution in [0.25, 0.3) is 0 Å². The monoisotopic (exact) mass is 386 g/mol. The van der Waals surface area contributed by atoms with E-state index >= 15 is 0 Å². The number of hydrogen-bond acceptors (Lipinski definition) is 3. The molecule has 5 nitrogen and oxygen atoms in total. The molecule has 0 atom stereocenters. The molecular formula is C23H34N2O3. The van der Waals surface area contributed by atoms with E-state index in [9.17, 15) is 9.59 Å². The van der Waals surface area contributed by atoms with Gasteiger partial charge in [0.1, 0.15) is 0 Å². The van der Waals surface area contributed by atoms with Crippen LogP contribution >= 0.6 is 0 Å². The van der Waals surface area contributed by atoms with Gasteiger partial charge in [-0.25, -0.2) is 0 Å². The summed E-state index contributed by atoms with van der Waals surface area (Å²) in [5, 5.41) is 3.03. The SMILES string of the molecule is CC(C)OCCCNC(=O)C1CCN(C(=O)C2(c3ccccc3)CCC2)CC1. The zero-order chi connectivity index (χ0) is 20.0. The van der Waals surface area contributed by atoms with Gasteiger partial charge in [-0.1, -0.05) is 36.8 Å². The van der Waals surface area contributed by atoms with E-state index in [2.05, 4.69) is 17.4 Å². The Bertz CT molecular complexity index is 647. The van der Waals surface area contributed by atoms with E-state index < -0.39 is 0 Å². The third kappa shape index (κ3) is 4.75. The number of rotatable bonds is 8. The zero-order valence-electron chi connectivity index (χ0n) is 17.3. The number of ether oxygens (including phenoxy) is 1. The highest BCUT2D eigenvalue weighted by molar-refractivity contribution is 5.89. The molecule has 2 aliphatic rings. The van der Waals surface area contributed by atoms with Crippen molar-refractivity contribution in [1.82, 2.24) is 10.2 Å². The van der Waals surface area contributed by atoms with Gasteiger partial charge in [0.05, 0.1) is 11.5 Å². The van der Waals surface area contributed by atoms with E-state index in [-0.39, 0.29) is 29.3 Å². The summed E-state index contributed by atoms with van der Waals surface area (Å²) in [6.07, 6.45) is 5.56. The van der Waals surface area contributed by atoms with Crippen LogP contribution in [0.15, 0.2) is 30.3 Å². The van der Waals surface area contributed by atoms with Crippen LogP contribution in [-0.2, 0) is 19.7 Å². The number of piperidine rings is 1. The Hall–Kier alpha value is -1.88. The maximum Gasteiger partial charge on any atom is 0.233 e. The Morgan fingerprint density at radius 1 is 1.18 bits per heavy atom. The van der Waals surface area contributed by atoms with Crippen molar-refractivity contribution >= 4 is 11.8 Å². The lowest BCUT2D eigenvalue weighted by atomic mass is 9.63. The Kier molecular flexibility index (Phi) is 7.11. The van der Waals surface area contributed by atoms with Gasteiger partial charge in [-0.2, -0.15) is 0 Å². The summed E-state index contributed by atoms with van der Waals surface area (Å²) in [6, 6.07) is 10.2. The van der Waals surface area contributed by atoms with Crippen molar-refractivity contribution in [3.8, 4) is 0 Å². The molecule has 1 aliphatic carbocycles. The molecule has 0 unspecified atom stereocenters. The van der Waals surface area contributed by atoms with Crippen molar-refractivity contribution in [3.63, 3.8) is 0 Å². The first-order valence-electron chi connectivity index (χ1n) is 10.8. The molecule has 1 aromatic carbocycles. The smallest absolute Gasteiger partial charge is 0.233 e. The predicted molar refractivity (Wildman–Crippen MR) is 110 cm³/mol. The van der Waals surface area contributed by atoms with Crippen LogP contribution in [0.3, 0.4) is 0 Å².